The van der Waals surface area contributed by atoms with Gasteiger partial charge in [0.1, 0.15) is 0 Å². The summed E-state index contributed by atoms with van der Waals surface area (Å²) in [7, 11) is 0. The van der Waals surface area contributed by atoms with E-state index in [0.717, 1.165) is 32.4 Å². The van der Waals surface area contributed by atoms with Crippen LogP contribution in [0.1, 0.15) is 53.4 Å². The zero-order valence-corrected chi connectivity index (χ0v) is 14.5. The summed E-state index contributed by atoms with van der Waals surface area (Å²) in [5, 5.41) is 3.75. The van der Waals surface area contributed by atoms with Crippen LogP contribution in [0.5, 0.6) is 0 Å². The molecule has 2 unspecified atom stereocenters. The van der Waals surface area contributed by atoms with Gasteiger partial charge in [-0.25, -0.2) is 0 Å². The molecule has 0 saturated heterocycles. The standard InChI is InChI=1S/C12H27N2OPS2/c1-5-8-9-13-11-14-16(17,15-10-6-2)18-12(4)7-3/h11-12H,5-10H2,1-4H3,(H,13,14,17). The molecule has 3 nitrogen and oxygen atoms in total. The highest BCUT2D eigenvalue weighted by Crippen LogP contribution is 2.58. The highest BCUT2D eigenvalue weighted by atomic mass is 32.9. The van der Waals surface area contributed by atoms with Gasteiger partial charge in [0.15, 0.2) is 0 Å². The van der Waals surface area contributed by atoms with Crippen molar-refractivity contribution in [1.29, 1.82) is 0 Å². The van der Waals surface area contributed by atoms with Gasteiger partial charge in [-0.3, -0.25) is 4.99 Å². The Morgan fingerprint density at radius 3 is 2.67 bits per heavy atom. The first-order valence-electron chi connectivity index (χ1n) is 6.77. The van der Waals surface area contributed by atoms with Gasteiger partial charge in [-0.1, -0.05) is 45.5 Å². The summed E-state index contributed by atoms with van der Waals surface area (Å²) < 4.78 is 5.84. The van der Waals surface area contributed by atoms with Gasteiger partial charge in [0.25, 0.3) is 0 Å². The van der Waals surface area contributed by atoms with Crippen LogP contribution in [0.15, 0.2) is 4.99 Å². The highest BCUT2D eigenvalue weighted by Gasteiger charge is 2.20. The smallest absolute Gasteiger partial charge is 0.211 e. The van der Waals surface area contributed by atoms with Crippen molar-refractivity contribution in [2.75, 3.05) is 13.2 Å². The monoisotopic (exact) mass is 310 g/mol. The number of nitrogens with zero attached hydrogens (tertiary/aromatic N) is 1. The first kappa shape index (κ1) is 18.4. The second kappa shape index (κ2) is 11.3. The minimum absolute atomic E-state index is 0.518. The fourth-order valence-corrected chi connectivity index (χ4v) is 6.80. The molecule has 0 aromatic heterocycles. The molecule has 0 saturated carbocycles. The van der Waals surface area contributed by atoms with Crippen LogP contribution in [0.3, 0.4) is 0 Å². The zero-order valence-electron chi connectivity index (χ0n) is 12.0. The van der Waals surface area contributed by atoms with Crippen LogP contribution in [-0.4, -0.2) is 24.7 Å². The number of unbranched alkanes of at least 4 members (excludes halogenated alkanes) is 1. The van der Waals surface area contributed by atoms with Crippen molar-refractivity contribution in [2.24, 2.45) is 4.99 Å². The number of hydrogen-bond acceptors (Lipinski definition) is 4. The van der Waals surface area contributed by atoms with Gasteiger partial charge in [-0.15, -0.1) is 0 Å². The molecule has 0 heterocycles. The van der Waals surface area contributed by atoms with E-state index < -0.39 is 5.62 Å². The molecular formula is C12H27N2OPS2. The Hall–Kier alpha value is 0.430. The minimum Gasteiger partial charge on any atom is -0.326 e. The maximum Gasteiger partial charge on any atom is 0.211 e. The molecule has 1 N–H and O–H groups in total. The predicted octanol–water partition coefficient (Wildman–Crippen LogP) is 4.59. The Bertz CT molecular complexity index is 275. The Balaban J connectivity index is 4.28. The maximum atomic E-state index is 5.84. The second-order valence-corrected chi connectivity index (χ2v) is 11.1. The topological polar surface area (TPSA) is 33.6 Å². The molecule has 0 spiro atoms. The third-order valence-electron chi connectivity index (χ3n) is 2.31. The molecule has 0 aromatic rings. The molecule has 0 amide bonds. The second-order valence-electron chi connectivity index (χ2n) is 4.17. The summed E-state index contributed by atoms with van der Waals surface area (Å²) >= 11 is 7.39. The summed E-state index contributed by atoms with van der Waals surface area (Å²) in [4.78, 5) is 4.32. The van der Waals surface area contributed by atoms with Crippen molar-refractivity contribution >= 4 is 35.1 Å². The van der Waals surface area contributed by atoms with E-state index in [1.807, 2.05) is 0 Å². The molecule has 6 heteroatoms. The largest absolute Gasteiger partial charge is 0.326 e. The lowest BCUT2D eigenvalue weighted by molar-refractivity contribution is 0.356. The van der Waals surface area contributed by atoms with E-state index in [9.17, 15) is 0 Å². The highest BCUT2D eigenvalue weighted by molar-refractivity contribution is 8.69. The molecule has 0 rings (SSSR count). The number of aliphatic imine (C=N–C) groups is 1. The first-order valence-corrected chi connectivity index (χ1v) is 11.0. The molecule has 0 fully saturated rings. The van der Waals surface area contributed by atoms with Gasteiger partial charge in [0.05, 0.1) is 12.9 Å². The van der Waals surface area contributed by atoms with Crippen molar-refractivity contribution < 1.29 is 4.52 Å². The molecule has 0 bridgehead atoms. The van der Waals surface area contributed by atoms with E-state index >= 15 is 0 Å². The lowest BCUT2D eigenvalue weighted by atomic mass is 10.3. The van der Waals surface area contributed by atoms with Crippen molar-refractivity contribution in [3.63, 3.8) is 0 Å². The summed E-state index contributed by atoms with van der Waals surface area (Å²) in [5.74, 6) is 0. The quantitative estimate of drug-likeness (QED) is 0.262. The summed E-state index contributed by atoms with van der Waals surface area (Å²) in [5.41, 5.74) is -2.01. The van der Waals surface area contributed by atoms with Gasteiger partial charge in [-0.05, 0) is 31.1 Å². The zero-order chi connectivity index (χ0) is 13.9. The first-order chi connectivity index (χ1) is 8.58. The molecule has 108 valence electrons. The van der Waals surface area contributed by atoms with Crippen molar-refractivity contribution in [3.8, 4) is 0 Å². The third-order valence-corrected chi connectivity index (χ3v) is 8.18. The maximum absolute atomic E-state index is 5.84. The van der Waals surface area contributed by atoms with E-state index in [2.05, 4.69) is 37.8 Å². The van der Waals surface area contributed by atoms with Crippen LogP contribution in [0, 0.1) is 0 Å². The molecule has 2 atom stereocenters. The Kier molecular flexibility index (Phi) is 11.5. The van der Waals surface area contributed by atoms with Crippen LogP contribution in [0.25, 0.3) is 0 Å². The molecule has 0 radical (unpaired) electrons. The molecular weight excluding hydrogens is 283 g/mol. The molecule has 0 aromatic carbocycles. The van der Waals surface area contributed by atoms with Crippen molar-refractivity contribution in [2.45, 2.75) is 58.6 Å². The average Bonchev–Trinajstić information content (AvgIpc) is 2.36. The fourth-order valence-electron chi connectivity index (χ4n) is 1.05. The van der Waals surface area contributed by atoms with Crippen LogP contribution in [-0.2, 0) is 16.3 Å². The van der Waals surface area contributed by atoms with Crippen LogP contribution in [0.2, 0.25) is 0 Å². The van der Waals surface area contributed by atoms with Crippen LogP contribution < -0.4 is 5.09 Å². The van der Waals surface area contributed by atoms with E-state index in [0.29, 0.717) is 5.25 Å². The Labute approximate surface area is 121 Å². The number of rotatable bonds is 11. The third kappa shape index (κ3) is 9.37. The van der Waals surface area contributed by atoms with Gasteiger partial charge >= 0.3 is 0 Å². The fraction of sp³-hybridized carbons (Fsp3) is 0.917. The number of nitrogens with one attached hydrogen (secondary N) is 1. The normalized spacial score (nSPS) is 16.7. The van der Waals surface area contributed by atoms with E-state index in [1.165, 1.54) is 6.42 Å². The lowest BCUT2D eigenvalue weighted by Gasteiger charge is -2.23. The van der Waals surface area contributed by atoms with Crippen molar-refractivity contribution in [3.05, 3.63) is 0 Å². The SMILES string of the molecule is CCCCN=CNP(=S)(OCCC)SC(C)CC. The lowest BCUT2D eigenvalue weighted by Crippen LogP contribution is -2.11. The van der Waals surface area contributed by atoms with E-state index in [1.54, 1.807) is 17.7 Å². The van der Waals surface area contributed by atoms with Crippen LogP contribution in [0.4, 0.5) is 0 Å². The average molecular weight is 310 g/mol. The van der Waals surface area contributed by atoms with Gasteiger partial charge in [0, 0.05) is 11.8 Å². The van der Waals surface area contributed by atoms with E-state index in [4.69, 9.17) is 16.3 Å². The summed E-state index contributed by atoms with van der Waals surface area (Å²) in [6, 6.07) is 0. The summed E-state index contributed by atoms with van der Waals surface area (Å²) in [6.45, 7) is 10.2. The molecule has 18 heavy (non-hydrogen) atoms. The predicted molar refractivity (Wildman–Crippen MR) is 89.3 cm³/mol. The molecule has 0 aliphatic rings. The minimum atomic E-state index is -2.01. The summed E-state index contributed by atoms with van der Waals surface area (Å²) in [6.07, 6.45) is 6.14. The van der Waals surface area contributed by atoms with Crippen LogP contribution >= 0.6 is 17.0 Å². The van der Waals surface area contributed by atoms with Crippen molar-refractivity contribution in [1.82, 2.24) is 5.09 Å². The number of hydrogen-bond donors (Lipinski definition) is 1. The Morgan fingerprint density at radius 2 is 2.11 bits per heavy atom. The van der Waals surface area contributed by atoms with Gasteiger partial charge in [-0.2, -0.15) is 0 Å². The van der Waals surface area contributed by atoms with E-state index in [-0.39, 0.29) is 0 Å². The molecule has 0 aliphatic carbocycles. The van der Waals surface area contributed by atoms with Gasteiger partial charge in [0.2, 0.25) is 5.62 Å². The van der Waals surface area contributed by atoms with Gasteiger partial charge < -0.3 is 9.61 Å². The molecule has 0 aliphatic heterocycles. The Morgan fingerprint density at radius 1 is 1.39 bits per heavy atom.